The Morgan fingerprint density at radius 3 is 2.82 bits per heavy atom. The summed E-state index contributed by atoms with van der Waals surface area (Å²) in [6.45, 7) is 1.96. The van der Waals surface area contributed by atoms with Gasteiger partial charge in [-0.3, -0.25) is 0 Å². The molecule has 2 rings (SSSR count). The van der Waals surface area contributed by atoms with Crippen molar-refractivity contribution in [3.63, 3.8) is 0 Å². The van der Waals surface area contributed by atoms with E-state index >= 15 is 0 Å². The first kappa shape index (κ1) is 11.6. The largest absolute Gasteiger partial charge is 0.457 e. The van der Waals surface area contributed by atoms with E-state index in [1.807, 2.05) is 31.2 Å². The first-order chi connectivity index (χ1) is 8.19. The van der Waals surface area contributed by atoms with Gasteiger partial charge in [-0.05, 0) is 36.8 Å². The summed E-state index contributed by atoms with van der Waals surface area (Å²) in [5.74, 6) is 1.38. The van der Waals surface area contributed by atoms with Gasteiger partial charge in [-0.2, -0.15) is 5.26 Å². The van der Waals surface area contributed by atoms with Crippen LogP contribution in [0.25, 0.3) is 0 Å². The van der Waals surface area contributed by atoms with E-state index in [4.69, 9.17) is 10.00 Å². The number of ether oxygens (including phenoxy) is 1. The van der Waals surface area contributed by atoms with Crippen LogP contribution in [0.2, 0.25) is 0 Å². The number of nitriles is 1. The summed E-state index contributed by atoms with van der Waals surface area (Å²) in [6.07, 6.45) is 1.56. The fourth-order valence-corrected chi connectivity index (χ4v) is 1.87. The molecule has 0 aliphatic heterocycles. The van der Waals surface area contributed by atoms with E-state index in [0.29, 0.717) is 11.4 Å². The molecule has 0 saturated carbocycles. The average Bonchev–Trinajstić information content (AvgIpc) is 2.33. The van der Waals surface area contributed by atoms with Gasteiger partial charge in [0.2, 0.25) is 0 Å². The molecule has 17 heavy (non-hydrogen) atoms. The van der Waals surface area contributed by atoms with Gasteiger partial charge in [-0.1, -0.05) is 15.9 Å². The number of hydrogen-bond acceptors (Lipinski definition) is 3. The maximum atomic E-state index is 8.74. The number of halogens is 1. The molecule has 2 aromatic rings. The molecule has 0 bridgehead atoms. The number of hydrogen-bond donors (Lipinski definition) is 0. The molecule has 0 unspecified atom stereocenters. The van der Waals surface area contributed by atoms with Crippen LogP contribution in [-0.4, -0.2) is 4.98 Å². The van der Waals surface area contributed by atoms with Crippen LogP contribution in [0.15, 0.2) is 41.0 Å². The van der Waals surface area contributed by atoms with Crippen molar-refractivity contribution in [3.8, 4) is 17.6 Å². The Hall–Kier alpha value is -1.86. The van der Waals surface area contributed by atoms with Gasteiger partial charge >= 0.3 is 0 Å². The molecule has 0 aliphatic carbocycles. The third-order valence-corrected chi connectivity index (χ3v) is 2.70. The van der Waals surface area contributed by atoms with Gasteiger partial charge in [-0.25, -0.2) is 4.98 Å². The van der Waals surface area contributed by atoms with E-state index in [-0.39, 0.29) is 0 Å². The van der Waals surface area contributed by atoms with Crippen molar-refractivity contribution in [3.05, 3.63) is 52.3 Å². The molecule has 1 aromatic heterocycles. The molecule has 4 heteroatoms. The van der Waals surface area contributed by atoms with E-state index in [0.717, 1.165) is 15.8 Å². The molecule has 0 radical (unpaired) electrons. The number of benzene rings is 1. The SMILES string of the molecule is Cc1cc(Br)ccc1Oc1ccnc(C#N)c1. The summed E-state index contributed by atoms with van der Waals surface area (Å²) in [7, 11) is 0. The van der Waals surface area contributed by atoms with Crippen LogP contribution in [0.3, 0.4) is 0 Å². The average molecular weight is 289 g/mol. The van der Waals surface area contributed by atoms with Crippen molar-refractivity contribution in [2.24, 2.45) is 0 Å². The fourth-order valence-electron chi connectivity index (χ4n) is 1.39. The van der Waals surface area contributed by atoms with E-state index in [2.05, 4.69) is 20.9 Å². The minimum atomic E-state index is 0.345. The third kappa shape index (κ3) is 2.83. The number of rotatable bonds is 2. The second-order valence-electron chi connectivity index (χ2n) is 3.50. The molecule has 0 aliphatic rings. The van der Waals surface area contributed by atoms with Gasteiger partial charge in [0.15, 0.2) is 0 Å². The van der Waals surface area contributed by atoms with Crippen LogP contribution in [0.5, 0.6) is 11.5 Å². The Kier molecular flexibility index (Phi) is 3.40. The second-order valence-corrected chi connectivity index (χ2v) is 4.42. The van der Waals surface area contributed by atoms with Crippen LogP contribution in [-0.2, 0) is 0 Å². The highest BCUT2D eigenvalue weighted by Crippen LogP contribution is 2.27. The number of pyridine rings is 1. The van der Waals surface area contributed by atoms with Crippen molar-refractivity contribution < 1.29 is 4.74 Å². The molecule has 0 atom stereocenters. The highest BCUT2D eigenvalue weighted by molar-refractivity contribution is 9.10. The zero-order valence-electron chi connectivity index (χ0n) is 9.14. The van der Waals surface area contributed by atoms with Gasteiger partial charge in [0.05, 0.1) is 0 Å². The number of aryl methyl sites for hydroxylation is 1. The summed E-state index contributed by atoms with van der Waals surface area (Å²) in [4.78, 5) is 3.89. The number of nitrogens with zero attached hydrogens (tertiary/aromatic N) is 2. The normalized spacial score (nSPS) is 9.71. The Bertz CT molecular complexity index is 590. The maximum absolute atomic E-state index is 8.74. The standard InChI is InChI=1S/C13H9BrN2O/c1-9-6-10(14)2-3-13(9)17-12-4-5-16-11(7-12)8-15/h2-7H,1H3. The maximum Gasteiger partial charge on any atom is 0.144 e. The lowest BCUT2D eigenvalue weighted by Gasteiger charge is -2.08. The zero-order chi connectivity index (χ0) is 12.3. The molecular weight excluding hydrogens is 280 g/mol. The van der Waals surface area contributed by atoms with Gasteiger partial charge in [0, 0.05) is 16.7 Å². The van der Waals surface area contributed by atoms with Gasteiger partial charge in [-0.15, -0.1) is 0 Å². The molecule has 84 valence electrons. The van der Waals surface area contributed by atoms with Gasteiger partial charge in [0.1, 0.15) is 23.3 Å². The van der Waals surface area contributed by atoms with Crippen molar-refractivity contribution >= 4 is 15.9 Å². The predicted molar refractivity (Wildman–Crippen MR) is 67.9 cm³/mol. The molecule has 0 spiro atoms. The molecule has 1 heterocycles. The lowest BCUT2D eigenvalue weighted by atomic mass is 10.2. The first-order valence-corrected chi connectivity index (χ1v) is 5.78. The van der Waals surface area contributed by atoms with Crippen LogP contribution in [0.1, 0.15) is 11.3 Å². The molecule has 0 N–H and O–H groups in total. The van der Waals surface area contributed by atoms with E-state index in [9.17, 15) is 0 Å². The van der Waals surface area contributed by atoms with Gasteiger partial charge < -0.3 is 4.74 Å². The van der Waals surface area contributed by atoms with Crippen LogP contribution >= 0.6 is 15.9 Å². The number of aromatic nitrogens is 1. The summed E-state index contributed by atoms with van der Waals surface area (Å²) in [5, 5.41) is 8.74. The van der Waals surface area contributed by atoms with Crippen LogP contribution in [0, 0.1) is 18.3 Å². The zero-order valence-corrected chi connectivity index (χ0v) is 10.7. The van der Waals surface area contributed by atoms with E-state index < -0.39 is 0 Å². The molecular formula is C13H9BrN2O. The Balaban J connectivity index is 2.28. The first-order valence-electron chi connectivity index (χ1n) is 4.99. The van der Waals surface area contributed by atoms with Gasteiger partial charge in [0.25, 0.3) is 0 Å². The molecule has 0 fully saturated rings. The molecule has 3 nitrogen and oxygen atoms in total. The predicted octanol–water partition coefficient (Wildman–Crippen LogP) is 3.82. The summed E-state index contributed by atoms with van der Waals surface area (Å²) in [5.41, 5.74) is 1.37. The highest BCUT2D eigenvalue weighted by Gasteiger charge is 2.03. The Morgan fingerprint density at radius 1 is 1.29 bits per heavy atom. The summed E-state index contributed by atoms with van der Waals surface area (Å²) < 4.78 is 6.70. The van der Waals surface area contributed by atoms with Crippen molar-refractivity contribution in [1.29, 1.82) is 5.26 Å². The summed E-state index contributed by atoms with van der Waals surface area (Å²) in [6, 6.07) is 11.1. The third-order valence-electron chi connectivity index (χ3n) is 2.21. The monoisotopic (exact) mass is 288 g/mol. The minimum absolute atomic E-state index is 0.345. The second kappa shape index (κ2) is 4.98. The lowest BCUT2D eigenvalue weighted by Crippen LogP contribution is -1.89. The van der Waals surface area contributed by atoms with Crippen molar-refractivity contribution in [1.82, 2.24) is 4.98 Å². The van der Waals surface area contributed by atoms with E-state index in [1.54, 1.807) is 18.3 Å². The molecule has 0 amide bonds. The summed E-state index contributed by atoms with van der Waals surface area (Å²) >= 11 is 3.40. The highest BCUT2D eigenvalue weighted by atomic mass is 79.9. The smallest absolute Gasteiger partial charge is 0.144 e. The topological polar surface area (TPSA) is 45.9 Å². The lowest BCUT2D eigenvalue weighted by molar-refractivity contribution is 0.478. The Labute approximate surface area is 108 Å². The quantitative estimate of drug-likeness (QED) is 0.844. The molecule has 0 saturated heterocycles. The fraction of sp³-hybridized carbons (Fsp3) is 0.0769. The van der Waals surface area contributed by atoms with Crippen molar-refractivity contribution in [2.45, 2.75) is 6.92 Å². The molecule has 1 aromatic carbocycles. The van der Waals surface area contributed by atoms with E-state index in [1.165, 1.54) is 0 Å². The van der Waals surface area contributed by atoms with Crippen LogP contribution < -0.4 is 4.74 Å². The van der Waals surface area contributed by atoms with Crippen LogP contribution in [0.4, 0.5) is 0 Å². The van der Waals surface area contributed by atoms with Crippen molar-refractivity contribution in [2.75, 3.05) is 0 Å². The Morgan fingerprint density at radius 2 is 2.12 bits per heavy atom. The minimum Gasteiger partial charge on any atom is -0.457 e.